The number of carbonyl (C=O) groups excluding carboxylic acids is 2. The van der Waals surface area contributed by atoms with Crippen LogP contribution in [0.2, 0.25) is 0 Å². The molecule has 9 nitrogen and oxygen atoms in total. The van der Waals surface area contributed by atoms with Gasteiger partial charge in [0.1, 0.15) is 0 Å². The zero-order valence-corrected chi connectivity index (χ0v) is 17.3. The highest BCUT2D eigenvalue weighted by atomic mass is 16.5. The Labute approximate surface area is 171 Å². The molecule has 1 aliphatic heterocycles. The minimum Gasteiger partial charge on any atom is -0.338 e. The van der Waals surface area contributed by atoms with Crippen LogP contribution in [-0.4, -0.2) is 70.2 Å². The molecule has 1 saturated heterocycles. The van der Waals surface area contributed by atoms with E-state index < -0.39 is 5.91 Å². The number of hydrogen-bond donors (Lipinski definition) is 2. The van der Waals surface area contributed by atoms with Crippen LogP contribution in [-0.2, 0) is 4.79 Å². The number of hydrogen-bond acceptors (Lipinski definition) is 7. The van der Waals surface area contributed by atoms with Gasteiger partial charge in [0.05, 0.1) is 0 Å². The van der Waals surface area contributed by atoms with E-state index in [0.29, 0.717) is 25.4 Å². The first-order chi connectivity index (χ1) is 14.1. The Hall–Kier alpha value is -2.00. The van der Waals surface area contributed by atoms with Crippen molar-refractivity contribution < 1.29 is 19.3 Å². The van der Waals surface area contributed by atoms with Crippen LogP contribution in [0.1, 0.15) is 80.2 Å². The molecule has 2 fully saturated rings. The van der Waals surface area contributed by atoms with Crippen molar-refractivity contribution in [1.82, 2.24) is 25.4 Å². The molecule has 0 spiro atoms. The fourth-order valence-electron chi connectivity index (χ4n) is 4.35. The van der Waals surface area contributed by atoms with Crippen LogP contribution in [0.15, 0.2) is 4.52 Å². The minimum absolute atomic E-state index is 0.0474. The van der Waals surface area contributed by atoms with Crippen LogP contribution >= 0.6 is 0 Å². The summed E-state index contributed by atoms with van der Waals surface area (Å²) in [6.07, 6.45) is 9.38. The molecule has 2 amide bonds. The van der Waals surface area contributed by atoms with Crippen molar-refractivity contribution in [3.05, 3.63) is 11.7 Å². The Morgan fingerprint density at radius 1 is 1.21 bits per heavy atom. The predicted octanol–water partition coefficient (Wildman–Crippen LogP) is 2.19. The molecule has 1 aromatic heterocycles. The van der Waals surface area contributed by atoms with Gasteiger partial charge in [0.15, 0.2) is 0 Å². The molecule has 29 heavy (non-hydrogen) atoms. The maximum absolute atomic E-state index is 12.6. The van der Waals surface area contributed by atoms with E-state index in [2.05, 4.69) is 15.0 Å². The van der Waals surface area contributed by atoms with Crippen LogP contribution in [0, 0.1) is 5.92 Å². The zero-order valence-electron chi connectivity index (χ0n) is 17.3. The predicted molar refractivity (Wildman–Crippen MR) is 105 cm³/mol. The van der Waals surface area contributed by atoms with Crippen LogP contribution in [0.5, 0.6) is 0 Å². The van der Waals surface area contributed by atoms with E-state index in [1.54, 1.807) is 10.4 Å². The van der Waals surface area contributed by atoms with Crippen molar-refractivity contribution in [2.75, 3.05) is 33.2 Å². The van der Waals surface area contributed by atoms with Gasteiger partial charge in [0.25, 0.3) is 11.7 Å². The molecule has 0 radical (unpaired) electrons. The van der Waals surface area contributed by atoms with Gasteiger partial charge in [-0.25, -0.2) is 5.48 Å². The number of nitrogens with zero attached hydrogens (tertiary/aromatic N) is 4. The van der Waals surface area contributed by atoms with E-state index in [4.69, 9.17) is 9.73 Å². The summed E-state index contributed by atoms with van der Waals surface area (Å²) in [5.74, 6) is 0.0832. The molecular formula is C20H33N5O4. The van der Waals surface area contributed by atoms with E-state index in [0.717, 1.165) is 31.8 Å². The number of hydroxylamine groups is 1. The molecule has 1 aliphatic carbocycles. The first kappa shape index (κ1) is 21.7. The fourth-order valence-corrected chi connectivity index (χ4v) is 4.35. The number of likely N-dealkylation sites (N-methyl/N-ethyl adjacent to an activating group) is 1. The summed E-state index contributed by atoms with van der Waals surface area (Å²) in [5.41, 5.74) is 1.68. The molecule has 2 heterocycles. The summed E-state index contributed by atoms with van der Waals surface area (Å²) in [6.45, 7) is 2.90. The average Bonchev–Trinajstić information content (AvgIpc) is 3.24. The molecule has 3 rings (SSSR count). The third-order valence-corrected chi connectivity index (χ3v) is 6.22. The average molecular weight is 408 g/mol. The van der Waals surface area contributed by atoms with Gasteiger partial charge >= 0.3 is 0 Å². The summed E-state index contributed by atoms with van der Waals surface area (Å²) in [4.78, 5) is 32.6. The summed E-state index contributed by atoms with van der Waals surface area (Å²) in [6, 6.07) is 0. The lowest BCUT2D eigenvalue weighted by atomic mass is 9.84. The number of carbonyl (C=O) groups is 2. The molecule has 0 aromatic carbocycles. The van der Waals surface area contributed by atoms with Crippen molar-refractivity contribution in [3.63, 3.8) is 0 Å². The van der Waals surface area contributed by atoms with E-state index in [1.807, 2.05) is 7.05 Å². The fraction of sp³-hybridized carbons (Fsp3) is 0.800. The molecule has 0 bridgehead atoms. The Balaban J connectivity index is 1.59. The lowest BCUT2D eigenvalue weighted by Gasteiger charge is -2.31. The monoisotopic (exact) mass is 407 g/mol. The maximum Gasteiger partial charge on any atom is 0.295 e. The molecule has 0 unspecified atom stereocenters. The van der Waals surface area contributed by atoms with Crippen molar-refractivity contribution in [3.8, 4) is 0 Å². The molecular weight excluding hydrogens is 374 g/mol. The van der Waals surface area contributed by atoms with Crippen molar-refractivity contribution >= 4 is 11.8 Å². The highest BCUT2D eigenvalue weighted by molar-refractivity contribution is 5.90. The van der Waals surface area contributed by atoms with Gasteiger partial charge in [-0.2, -0.15) is 4.98 Å². The number of piperazine rings is 1. The number of nitrogens with one attached hydrogen (secondary N) is 1. The van der Waals surface area contributed by atoms with Crippen molar-refractivity contribution in [2.45, 2.75) is 63.7 Å². The second kappa shape index (κ2) is 10.7. The van der Waals surface area contributed by atoms with Crippen LogP contribution in [0.4, 0.5) is 0 Å². The number of rotatable bonds is 8. The van der Waals surface area contributed by atoms with Gasteiger partial charge in [0, 0.05) is 38.5 Å². The molecule has 1 aromatic rings. The van der Waals surface area contributed by atoms with Crippen LogP contribution < -0.4 is 5.48 Å². The van der Waals surface area contributed by atoms with E-state index in [-0.39, 0.29) is 24.1 Å². The number of aromatic nitrogens is 2. The molecule has 9 heteroatoms. The Morgan fingerprint density at radius 2 is 1.93 bits per heavy atom. The normalized spacial score (nSPS) is 19.9. The van der Waals surface area contributed by atoms with Crippen LogP contribution in [0.3, 0.4) is 0 Å². The van der Waals surface area contributed by atoms with Gasteiger partial charge in [-0.1, -0.05) is 50.1 Å². The van der Waals surface area contributed by atoms with Crippen LogP contribution in [0.25, 0.3) is 0 Å². The second-order valence-corrected chi connectivity index (χ2v) is 8.42. The molecule has 2 N–H and O–H groups in total. The molecule has 162 valence electrons. The first-order valence-corrected chi connectivity index (χ1v) is 10.8. The van der Waals surface area contributed by atoms with E-state index in [9.17, 15) is 9.59 Å². The second-order valence-electron chi connectivity index (χ2n) is 8.42. The molecule has 1 atom stereocenters. The molecule has 1 saturated carbocycles. The summed E-state index contributed by atoms with van der Waals surface area (Å²) < 4.78 is 5.37. The first-order valence-electron chi connectivity index (χ1n) is 10.8. The quantitative estimate of drug-likeness (QED) is 0.502. The highest BCUT2D eigenvalue weighted by Gasteiger charge is 2.28. The van der Waals surface area contributed by atoms with Gasteiger partial charge in [-0.15, -0.1) is 0 Å². The van der Waals surface area contributed by atoms with Gasteiger partial charge < -0.3 is 14.3 Å². The Kier molecular flexibility index (Phi) is 8.00. The lowest BCUT2D eigenvalue weighted by Crippen LogP contribution is -2.47. The minimum atomic E-state index is -0.488. The van der Waals surface area contributed by atoms with E-state index in [1.165, 1.54) is 32.1 Å². The lowest BCUT2D eigenvalue weighted by molar-refractivity contribution is -0.129. The highest BCUT2D eigenvalue weighted by Crippen LogP contribution is 2.31. The number of amides is 2. The summed E-state index contributed by atoms with van der Waals surface area (Å²) >= 11 is 0. The smallest absolute Gasteiger partial charge is 0.295 e. The van der Waals surface area contributed by atoms with Gasteiger partial charge in [-0.05, 0) is 19.4 Å². The Bertz CT molecular complexity index is 666. The Morgan fingerprint density at radius 3 is 2.62 bits per heavy atom. The van der Waals surface area contributed by atoms with Gasteiger partial charge in [-0.3, -0.25) is 14.8 Å². The standard InChI is InChI=1S/C20H33N5O4/c1-24-10-12-25(13-11-24)20(27)18-21-19(29-23-18)16(14-17(26)22-28)9-5-8-15-6-3-2-4-7-15/h15-16,28H,2-14H2,1H3,(H,22,26)/t16-/m1/s1. The third kappa shape index (κ3) is 6.24. The summed E-state index contributed by atoms with van der Waals surface area (Å²) in [5, 5.41) is 12.8. The maximum atomic E-state index is 12.6. The summed E-state index contributed by atoms with van der Waals surface area (Å²) in [7, 11) is 2.03. The van der Waals surface area contributed by atoms with Crippen molar-refractivity contribution in [1.29, 1.82) is 0 Å². The third-order valence-electron chi connectivity index (χ3n) is 6.22. The SMILES string of the molecule is CN1CCN(C(=O)c2noc([C@H](CCCC3CCCCC3)CC(=O)NO)n2)CC1. The zero-order chi connectivity index (χ0) is 20.6. The van der Waals surface area contributed by atoms with Gasteiger partial charge in [0.2, 0.25) is 11.8 Å². The largest absolute Gasteiger partial charge is 0.338 e. The van der Waals surface area contributed by atoms with Crippen molar-refractivity contribution in [2.24, 2.45) is 5.92 Å². The van der Waals surface area contributed by atoms with E-state index >= 15 is 0 Å². The topological polar surface area (TPSA) is 112 Å². The molecule has 2 aliphatic rings.